The molecule has 0 spiro atoms. The molecule has 12 heteroatoms. The first-order chi connectivity index (χ1) is 16.1. The molecule has 2 atom stereocenters. The molecule has 1 aliphatic heterocycles. The molecule has 0 radical (unpaired) electrons. The second-order valence-electron chi connectivity index (χ2n) is 7.36. The molecule has 0 saturated heterocycles. The van der Waals surface area contributed by atoms with Crippen LogP contribution in [0.25, 0.3) is 11.3 Å². The molecule has 2 unspecified atom stereocenters. The minimum atomic E-state index is -5.28. The van der Waals surface area contributed by atoms with E-state index in [-0.39, 0.29) is 28.4 Å². The van der Waals surface area contributed by atoms with Gasteiger partial charge in [-0.1, -0.05) is 30.3 Å². The number of nitrogens with two attached hydrogens (primary N) is 2. The largest absolute Gasteiger partial charge is 0.493 e. The molecule has 0 bridgehead atoms. The summed E-state index contributed by atoms with van der Waals surface area (Å²) in [5, 5.41) is 0.497. The zero-order chi connectivity index (χ0) is 24.6. The SMILES string of the molecule is CN1C(N)c2ccc(-c3c(F)cccc3Oc3ccccc3)nc2N(OC(=O)C(F)(F)F)C1N. The van der Waals surface area contributed by atoms with Crippen LogP contribution in [0.3, 0.4) is 0 Å². The molecule has 1 aliphatic rings. The van der Waals surface area contributed by atoms with Crippen LogP contribution in [0.4, 0.5) is 23.4 Å². The Labute approximate surface area is 191 Å². The number of nitrogens with zero attached hydrogens (tertiary/aromatic N) is 3. The lowest BCUT2D eigenvalue weighted by Crippen LogP contribution is -2.60. The highest BCUT2D eigenvalue weighted by Crippen LogP contribution is 2.39. The Morgan fingerprint density at radius 2 is 1.74 bits per heavy atom. The van der Waals surface area contributed by atoms with Gasteiger partial charge in [-0.3, -0.25) is 10.6 Å². The van der Waals surface area contributed by atoms with Crippen molar-refractivity contribution in [3.05, 3.63) is 72.0 Å². The van der Waals surface area contributed by atoms with Crippen molar-refractivity contribution >= 4 is 11.8 Å². The molecule has 4 N–H and O–H groups in total. The van der Waals surface area contributed by atoms with Gasteiger partial charge in [0.2, 0.25) is 0 Å². The highest BCUT2D eigenvalue weighted by atomic mass is 19.4. The summed E-state index contributed by atoms with van der Waals surface area (Å²) in [5.41, 5.74) is 12.2. The fourth-order valence-corrected chi connectivity index (χ4v) is 3.37. The zero-order valence-electron chi connectivity index (χ0n) is 17.7. The van der Waals surface area contributed by atoms with Gasteiger partial charge in [0, 0.05) is 5.56 Å². The first kappa shape index (κ1) is 23.4. The van der Waals surface area contributed by atoms with E-state index in [9.17, 15) is 22.4 Å². The Morgan fingerprint density at radius 1 is 1.03 bits per heavy atom. The highest BCUT2D eigenvalue weighted by Gasteiger charge is 2.46. The molecule has 178 valence electrons. The summed E-state index contributed by atoms with van der Waals surface area (Å²) in [4.78, 5) is 21.6. The summed E-state index contributed by atoms with van der Waals surface area (Å²) < 4.78 is 59.3. The predicted molar refractivity (Wildman–Crippen MR) is 113 cm³/mol. The number of carbonyl (C=O) groups excluding carboxylic acids is 1. The standard InChI is InChI=1S/C22H19F4N5O3/c1-30-18(27)13-10-11-15(29-19(13)31(21(30)28)34-20(32)22(24,25)26)17-14(23)8-5-9-16(17)33-12-6-3-2-4-7-12/h2-11,18,21H,27-28H2,1H3. The minimum absolute atomic E-state index is 0.000193. The third-order valence-electron chi connectivity index (χ3n) is 5.14. The third-order valence-corrected chi connectivity index (χ3v) is 5.14. The summed E-state index contributed by atoms with van der Waals surface area (Å²) in [5.74, 6) is -2.91. The normalized spacial score (nSPS) is 18.4. The van der Waals surface area contributed by atoms with Crippen molar-refractivity contribution < 1.29 is 31.9 Å². The zero-order valence-corrected chi connectivity index (χ0v) is 17.7. The Bertz CT molecular complexity index is 1210. The van der Waals surface area contributed by atoms with Gasteiger partial charge >= 0.3 is 12.1 Å². The molecule has 0 saturated carbocycles. The van der Waals surface area contributed by atoms with Crippen LogP contribution in [0.1, 0.15) is 11.7 Å². The number of alkyl halides is 3. The first-order valence-electron chi connectivity index (χ1n) is 9.92. The van der Waals surface area contributed by atoms with Gasteiger partial charge in [-0.05, 0) is 37.4 Å². The van der Waals surface area contributed by atoms with Crippen LogP contribution in [0.5, 0.6) is 11.5 Å². The number of aromatic nitrogens is 1. The highest BCUT2D eigenvalue weighted by molar-refractivity contribution is 5.77. The fraction of sp³-hybridized carbons (Fsp3) is 0.182. The van der Waals surface area contributed by atoms with Crippen LogP contribution in [0.2, 0.25) is 0 Å². The lowest BCUT2D eigenvalue weighted by molar-refractivity contribution is -0.204. The lowest BCUT2D eigenvalue weighted by atomic mass is 10.1. The number of fused-ring (bicyclic) bond motifs is 1. The number of halogens is 4. The van der Waals surface area contributed by atoms with Crippen molar-refractivity contribution in [2.45, 2.75) is 18.6 Å². The number of pyridine rings is 1. The van der Waals surface area contributed by atoms with Crippen molar-refractivity contribution in [3.63, 3.8) is 0 Å². The van der Waals surface area contributed by atoms with Crippen molar-refractivity contribution in [1.82, 2.24) is 9.88 Å². The molecular weight excluding hydrogens is 458 g/mol. The average Bonchev–Trinajstić information content (AvgIpc) is 2.80. The van der Waals surface area contributed by atoms with E-state index in [4.69, 9.17) is 16.2 Å². The van der Waals surface area contributed by atoms with Gasteiger partial charge in [0.25, 0.3) is 0 Å². The number of hydroxylamine groups is 1. The van der Waals surface area contributed by atoms with Crippen molar-refractivity contribution in [1.29, 1.82) is 0 Å². The van der Waals surface area contributed by atoms with Crippen LogP contribution in [-0.2, 0) is 9.63 Å². The second-order valence-corrected chi connectivity index (χ2v) is 7.36. The summed E-state index contributed by atoms with van der Waals surface area (Å²) in [7, 11) is 1.43. The topological polar surface area (TPSA) is 107 Å². The van der Waals surface area contributed by atoms with Crippen LogP contribution in [-0.4, -0.2) is 35.4 Å². The number of rotatable bonds is 4. The van der Waals surface area contributed by atoms with E-state index < -0.39 is 30.4 Å². The van der Waals surface area contributed by atoms with Gasteiger partial charge in [0.15, 0.2) is 12.1 Å². The number of anilines is 1. The average molecular weight is 477 g/mol. The molecule has 2 aromatic carbocycles. The summed E-state index contributed by atoms with van der Waals surface area (Å²) in [6.07, 6.45) is -7.55. The molecule has 0 fully saturated rings. The molecule has 2 heterocycles. The Morgan fingerprint density at radius 3 is 2.41 bits per heavy atom. The van der Waals surface area contributed by atoms with Crippen LogP contribution in [0, 0.1) is 5.82 Å². The van der Waals surface area contributed by atoms with Crippen molar-refractivity contribution in [2.75, 3.05) is 12.1 Å². The smallest absolute Gasteiger partial charge is 0.457 e. The predicted octanol–water partition coefficient (Wildman–Crippen LogP) is 3.65. The van der Waals surface area contributed by atoms with E-state index in [1.807, 2.05) is 0 Å². The molecule has 4 rings (SSSR count). The fourth-order valence-electron chi connectivity index (χ4n) is 3.37. The van der Waals surface area contributed by atoms with Gasteiger partial charge in [-0.2, -0.15) is 18.2 Å². The van der Waals surface area contributed by atoms with E-state index in [0.29, 0.717) is 10.8 Å². The lowest BCUT2D eigenvalue weighted by Gasteiger charge is -2.42. The van der Waals surface area contributed by atoms with Gasteiger partial charge in [0.1, 0.15) is 17.3 Å². The van der Waals surface area contributed by atoms with Crippen molar-refractivity contribution in [2.24, 2.45) is 11.5 Å². The number of ether oxygens (including phenoxy) is 1. The number of para-hydroxylation sites is 1. The maximum absolute atomic E-state index is 14.9. The van der Waals surface area contributed by atoms with Crippen LogP contribution in [0.15, 0.2) is 60.7 Å². The Hall–Kier alpha value is -3.74. The summed E-state index contributed by atoms with van der Waals surface area (Å²) in [6, 6.07) is 15.6. The molecule has 0 aliphatic carbocycles. The maximum Gasteiger partial charge on any atom is 0.493 e. The van der Waals surface area contributed by atoms with Gasteiger partial charge in [-0.15, -0.1) is 0 Å². The van der Waals surface area contributed by atoms with E-state index in [2.05, 4.69) is 9.82 Å². The van der Waals surface area contributed by atoms with Crippen LogP contribution < -0.4 is 21.3 Å². The molecule has 0 amide bonds. The van der Waals surface area contributed by atoms with Crippen LogP contribution >= 0.6 is 0 Å². The second kappa shape index (κ2) is 8.89. The van der Waals surface area contributed by atoms with E-state index >= 15 is 0 Å². The van der Waals surface area contributed by atoms with E-state index in [1.54, 1.807) is 30.3 Å². The Balaban J connectivity index is 1.81. The van der Waals surface area contributed by atoms with Gasteiger partial charge < -0.3 is 15.3 Å². The van der Waals surface area contributed by atoms with Gasteiger partial charge in [-0.25, -0.2) is 14.2 Å². The maximum atomic E-state index is 14.9. The minimum Gasteiger partial charge on any atom is -0.457 e. The molecule has 1 aromatic heterocycles. The summed E-state index contributed by atoms with van der Waals surface area (Å²) >= 11 is 0. The third kappa shape index (κ3) is 4.38. The quantitative estimate of drug-likeness (QED) is 0.549. The van der Waals surface area contributed by atoms with Crippen molar-refractivity contribution in [3.8, 4) is 22.8 Å². The number of benzene rings is 2. The number of hydrogen-bond donors (Lipinski definition) is 2. The van der Waals surface area contributed by atoms with Gasteiger partial charge in [0.05, 0.1) is 17.4 Å². The first-order valence-corrected chi connectivity index (χ1v) is 9.92. The molecule has 34 heavy (non-hydrogen) atoms. The molecular formula is C22H19F4N5O3. The number of carbonyl (C=O) groups is 1. The monoisotopic (exact) mass is 477 g/mol. The Kier molecular flexibility index (Phi) is 6.13. The molecule has 3 aromatic rings. The summed E-state index contributed by atoms with van der Waals surface area (Å²) in [6.45, 7) is 0. The van der Waals surface area contributed by atoms with E-state index in [1.165, 1.54) is 42.3 Å². The van der Waals surface area contributed by atoms with E-state index in [0.717, 1.165) is 0 Å². The number of hydrogen-bond acceptors (Lipinski definition) is 8. The molecule has 8 nitrogen and oxygen atoms in total.